The smallest absolute Gasteiger partial charge is 0.129 e. The molecule has 0 heterocycles. The van der Waals surface area contributed by atoms with Gasteiger partial charge in [0.1, 0.15) is 17.5 Å². The van der Waals surface area contributed by atoms with E-state index >= 15 is 0 Å². The van der Waals surface area contributed by atoms with Crippen molar-refractivity contribution in [2.24, 2.45) is 5.92 Å². The van der Waals surface area contributed by atoms with Crippen molar-refractivity contribution in [3.8, 4) is 0 Å². The molecular weight excluding hydrogens is 357 g/mol. The molecule has 0 amide bonds. The molecule has 1 fully saturated rings. The van der Waals surface area contributed by atoms with E-state index in [0.29, 0.717) is 12.8 Å². The van der Waals surface area contributed by atoms with Crippen molar-refractivity contribution in [3.63, 3.8) is 0 Å². The minimum Gasteiger partial charge on any atom is -0.207 e. The highest BCUT2D eigenvalue weighted by Crippen LogP contribution is 2.40. The number of halogens is 3. The first kappa shape index (κ1) is 19.5. The summed E-state index contributed by atoms with van der Waals surface area (Å²) in [6.45, 7) is 2.22. The van der Waals surface area contributed by atoms with Gasteiger partial charge in [0.2, 0.25) is 0 Å². The summed E-state index contributed by atoms with van der Waals surface area (Å²) in [5.41, 5.74) is 2.99. The highest BCUT2D eigenvalue weighted by Gasteiger charge is 2.28. The third-order valence-electron chi connectivity index (χ3n) is 6.92. The van der Waals surface area contributed by atoms with Gasteiger partial charge in [0.15, 0.2) is 0 Å². The van der Waals surface area contributed by atoms with Crippen LogP contribution in [-0.2, 0) is 12.8 Å². The van der Waals surface area contributed by atoms with E-state index in [4.69, 9.17) is 0 Å². The summed E-state index contributed by atoms with van der Waals surface area (Å²) in [4.78, 5) is 0. The molecule has 0 radical (unpaired) electrons. The van der Waals surface area contributed by atoms with Crippen molar-refractivity contribution < 1.29 is 13.2 Å². The van der Waals surface area contributed by atoms with E-state index in [1.165, 1.54) is 25.0 Å². The molecule has 1 saturated carbocycles. The number of hydrogen-bond donors (Lipinski definition) is 0. The van der Waals surface area contributed by atoms with Crippen molar-refractivity contribution in [3.05, 3.63) is 70.0 Å². The maximum absolute atomic E-state index is 15.0. The second-order valence-electron chi connectivity index (χ2n) is 8.76. The van der Waals surface area contributed by atoms with Crippen LogP contribution in [-0.4, -0.2) is 0 Å². The lowest BCUT2D eigenvalue weighted by Gasteiger charge is -2.30. The van der Waals surface area contributed by atoms with Crippen LogP contribution in [0.2, 0.25) is 0 Å². The molecule has 4 rings (SSSR count). The molecule has 0 aliphatic heterocycles. The highest BCUT2D eigenvalue weighted by molar-refractivity contribution is 5.37. The van der Waals surface area contributed by atoms with Crippen LogP contribution in [0.25, 0.3) is 0 Å². The van der Waals surface area contributed by atoms with Crippen molar-refractivity contribution in [1.29, 1.82) is 0 Å². The van der Waals surface area contributed by atoms with Crippen molar-refractivity contribution in [2.45, 2.75) is 76.5 Å². The van der Waals surface area contributed by atoms with Crippen LogP contribution in [0, 0.1) is 23.4 Å². The number of rotatable bonds is 4. The SMILES string of the molecule is CCCC1CCC(c2cc(F)c(C3CCc4ccc(F)cc4C3)c(F)c2)CC1. The molecule has 0 spiro atoms. The molecule has 1 atom stereocenters. The Morgan fingerprint density at radius 3 is 2.21 bits per heavy atom. The zero-order valence-corrected chi connectivity index (χ0v) is 16.6. The normalized spacial score (nSPS) is 24.8. The van der Waals surface area contributed by atoms with Gasteiger partial charge in [-0.05, 0) is 104 Å². The summed E-state index contributed by atoms with van der Waals surface area (Å²) in [7, 11) is 0. The maximum atomic E-state index is 15.0. The molecule has 2 aliphatic rings. The number of benzene rings is 2. The van der Waals surface area contributed by atoms with Gasteiger partial charge < -0.3 is 0 Å². The molecule has 2 aromatic rings. The van der Waals surface area contributed by atoms with Crippen LogP contribution in [0.3, 0.4) is 0 Å². The summed E-state index contributed by atoms with van der Waals surface area (Å²) in [6.07, 6.45) is 8.79. The van der Waals surface area contributed by atoms with Crippen LogP contribution >= 0.6 is 0 Å². The molecule has 2 aromatic carbocycles. The Bertz CT molecular complexity index is 811. The Morgan fingerprint density at radius 1 is 0.821 bits per heavy atom. The zero-order chi connectivity index (χ0) is 19.7. The second-order valence-corrected chi connectivity index (χ2v) is 8.76. The number of hydrogen-bond acceptors (Lipinski definition) is 0. The van der Waals surface area contributed by atoms with Gasteiger partial charge in [-0.15, -0.1) is 0 Å². The fraction of sp³-hybridized carbons (Fsp3) is 0.520. The zero-order valence-electron chi connectivity index (χ0n) is 16.6. The van der Waals surface area contributed by atoms with Gasteiger partial charge in [0, 0.05) is 5.56 Å². The molecule has 0 bridgehead atoms. The van der Waals surface area contributed by atoms with Gasteiger partial charge in [-0.2, -0.15) is 0 Å². The standard InChI is InChI=1S/C25H29F3/c1-2-3-16-4-6-17(7-5-16)21-14-23(27)25(24(28)15-21)19-9-8-18-10-11-22(26)13-20(18)12-19/h10-11,13-17,19H,2-9,12H2,1H3. The van der Waals surface area contributed by atoms with E-state index in [1.54, 1.807) is 18.2 Å². The van der Waals surface area contributed by atoms with Crippen molar-refractivity contribution in [2.75, 3.05) is 0 Å². The molecule has 0 aromatic heterocycles. The minimum atomic E-state index is -0.421. The lowest BCUT2D eigenvalue weighted by Crippen LogP contribution is -2.17. The van der Waals surface area contributed by atoms with Gasteiger partial charge in [-0.3, -0.25) is 0 Å². The average molecular weight is 387 g/mol. The monoisotopic (exact) mass is 386 g/mol. The van der Waals surface area contributed by atoms with Gasteiger partial charge in [0.05, 0.1) is 0 Å². The summed E-state index contributed by atoms with van der Waals surface area (Å²) in [5.74, 6) is -0.297. The van der Waals surface area contributed by atoms with E-state index in [0.717, 1.165) is 54.7 Å². The van der Waals surface area contributed by atoms with Gasteiger partial charge in [-0.1, -0.05) is 25.8 Å². The first-order chi connectivity index (χ1) is 13.5. The van der Waals surface area contributed by atoms with E-state index in [2.05, 4.69) is 6.92 Å². The van der Waals surface area contributed by atoms with Crippen LogP contribution in [0.4, 0.5) is 13.2 Å². The highest BCUT2D eigenvalue weighted by atomic mass is 19.1. The molecule has 0 nitrogen and oxygen atoms in total. The topological polar surface area (TPSA) is 0 Å². The molecule has 1 unspecified atom stereocenters. The summed E-state index contributed by atoms with van der Waals surface area (Å²) in [5, 5.41) is 0. The Labute approximate surface area is 166 Å². The van der Waals surface area contributed by atoms with Gasteiger partial charge in [0.25, 0.3) is 0 Å². The summed E-state index contributed by atoms with van der Waals surface area (Å²) < 4.78 is 43.5. The summed E-state index contributed by atoms with van der Waals surface area (Å²) in [6, 6.07) is 7.92. The quantitative estimate of drug-likeness (QED) is 0.512. The fourth-order valence-corrected chi connectivity index (χ4v) is 5.39. The lowest BCUT2D eigenvalue weighted by atomic mass is 9.76. The second kappa shape index (κ2) is 8.31. The first-order valence-corrected chi connectivity index (χ1v) is 10.8. The van der Waals surface area contributed by atoms with E-state index < -0.39 is 11.6 Å². The van der Waals surface area contributed by atoms with Crippen LogP contribution in [0.15, 0.2) is 30.3 Å². The third kappa shape index (κ3) is 3.99. The Morgan fingerprint density at radius 2 is 1.54 bits per heavy atom. The fourth-order valence-electron chi connectivity index (χ4n) is 5.39. The van der Waals surface area contributed by atoms with Gasteiger partial charge >= 0.3 is 0 Å². The largest absolute Gasteiger partial charge is 0.207 e. The molecule has 28 heavy (non-hydrogen) atoms. The van der Waals surface area contributed by atoms with Crippen LogP contribution in [0.1, 0.15) is 86.0 Å². The number of aryl methyl sites for hydroxylation is 1. The summed E-state index contributed by atoms with van der Waals surface area (Å²) >= 11 is 0. The average Bonchev–Trinajstić information content (AvgIpc) is 2.68. The Balaban J connectivity index is 1.52. The molecule has 0 N–H and O–H groups in total. The van der Waals surface area contributed by atoms with Crippen LogP contribution in [0.5, 0.6) is 0 Å². The predicted octanol–water partition coefficient (Wildman–Crippen LogP) is 7.45. The van der Waals surface area contributed by atoms with E-state index in [9.17, 15) is 13.2 Å². The van der Waals surface area contributed by atoms with Crippen molar-refractivity contribution in [1.82, 2.24) is 0 Å². The lowest BCUT2D eigenvalue weighted by molar-refractivity contribution is 0.307. The third-order valence-corrected chi connectivity index (χ3v) is 6.92. The molecule has 2 aliphatic carbocycles. The molecule has 150 valence electrons. The minimum absolute atomic E-state index is 0.193. The molecule has 3 heteroatoms. The van der Waals surface area contributed by atoms with E-state index in [-0.39, 0.29) is 23.2 Å². The van der Waals surface area contributed by atoms with E-state index in [1.807, 2.05) is 0 Å². The van der Waals surface area contributed by atoms with Crippen LogP contribution < -0.4 is 0 Å². The first-order valence-electron chi connectivity index (χ1n) is 10.8. The number of fused-ring (bicyclic) bond motifs is 1. The Hall–Kier alpha value is -1.77. The molecule has 0 saturated heterocycles. The maximum Gasteiger partial charge on any atom is 0.129 e. The predicted molar refractivity (Wildman–Crippen MR) is 107 cm³/mol. The Kier molecular flexibility index (Phi) is 5.80. The van der Waals surface area contributed by atoms with Gasteiger partial charge in [-0.25, -0.2) is 13.2 Å². The van der Waals surface area contributed by atoms with Crippen molar-refractivity contribution >= 4 is 0 Å². The molecular formula is C25H29F3.